The topological polar surface area (TPSA) is 38.9 Å². The normalized spacial score (nSPS) is 10.6. The predicted molar refractivity (Wildman–Crippen MR) is 71.6 cm³/mol. The van der Waals surface area contributed by atoms with Crippen LogP contribution in [0.5, 0.6) is 0 Å². The van der Waals surface area contributed by atoms with E-state index in [0.717, 1.165) is 16.5 Å². The second-order valence-electron chi connectivity index (χ2n) is 3.99. The molecule has 0 bridgehead atoms. The lowest BCUT2D eigenvalue weighted by Gasteiger charge is -2.08. The van der Waals surface area contributed by atoms with E-state index in [2.05, 4.69) is 23.2 Å². The maximum absolute atomic E-state index is 5.96. The Morgan fingerprint density at radius 2 is 1.65 bits per heavy atom. The van der Waals surface area contributed by atoms with Crippen molar-refractivity contribution in [2.75, 3.05) is 5.73 Å². The highest BCUT2D eigenvalue weighted by molar-refractivity contribution is 6.02. The number of nitrogens with zero attached hydrogens (tertiary/aromatic N) is 1. The maximum atomic E-state index is 5.96. The third kappa shape index (κ3) is 1.64. The molecule has 0 saturated carbocycles. The Morgan fingerprint density at radius 3 is 2.47 bits per heavy atom. The first kappa shape index (κ1) is 9.85. The molecule has 3 rings (SSSR count). The van der Waals surface area contributed by atoms with E-state index in [1.807, 2.05) is 36.5 Å². The van der Waals surface area contributed by atoms with Gasteiger partial charge in [-0.3, -0.25) is 4.98 Å². The number of pyridine rings is 1. The zero-order valence-electron chi connectivity index (χ0n) is 9.30. The van der Waals surface area contributed by atoms with Crippen molar-refractivity contribution in [3.05, 3.63) is 60.9 Å². The van der Waals surface area contributed by atoms with Crippen molar-refractivity contribution in [3.63, 3.8) is 0 Å². The largest absolute Gasteiger partial charge is 0.398 e. The smallest absolute Gasteiger partial charge is 0.0409 e. The number of nitrogens with two attached hydrogens (primary N) is 1. The minimum atomic E-state index is 0.771. The predicted octanol–water partition coefficient (Wildman–Crippen LogP) is 3.48. The molecule has 0 unspecified atom stereocenters. The van der Waals surface area contributed by atoms with Crippen LogP contribution < -0.4 is 5.73 Å². The Kier molecular flexibility index (Phi) is 2.26. The molecule has 1 aromatic heterocycles. The summed E-state index contributed by atoms with van der Waals surface area (Å²) < 4.78 is 0. The number of benzene rings is 2. The van der Waals surface area contributed by atoms with Gasteiger partial charge in [0.05, 0.1) is 0 Å². The number of aromatic nitrogens is 1. The fraction of sp³-hybridized carbons (Fsp3) is 0. The summed E-state index contributed by atoms with van der Waals surface area (Å²) in [6.45, 7) is 0. The van der Waals surface area contributed by atoms with Crippen molar-refractivity contribution in [2.45, 2.75) is 0 Å². The van der Waals surface area contributed by atoms with Crippen molar-refractivity contribution in [1.82, 2.24) is 4.98 Å². The minimum absolute atomic E-state index is 0.771. The van der Waals surface area contributed by atoms with Crippen molar-refractivity contribution < 1.29 is 0 Å². The van der Waals surface area contributed by atoms with E-state index < -0.39 is 0 Å². The van der Waals surface area contributed by atoms with Crippen LogP contribution in [0.2, 0.25) is 0 Å². The Labute approximate surface area is 99.7 Å². The number of anilines is 1. The van der Waals surface area contributed by atoms with E-state index in [0.29, 0.717) is 0 Å². The first-order chi connectivity index (χ1) is 8.36. The Hall–Kier alpha value is -2.35. The summed E-state index contributed by atoms with van der Waals surface area (Å²) in [5.41, 5.74) is 9.12. The van der Waals surface area contributed by atoms with Crippen LogP contribution in [-0.4, -0.2) is 4.98 Å². The van der Waals surface area contributed by atoms with Crippen LogP contribution in [0.3, 0.4) is 0 Å². The SMILES string of the molecule is Nc1ccc(-c2ccccc2)c2ccncc12. The Morgan fingerprint density at radius 1 is 0.824 bits per heavy atom. The summed E-state index contributed by atoms with van der Waals surface area (Å²) in [6, 6.07) is 16.3. The van der Waals surface area contributed by atoms with Gasteiger partial charge in [0.25, 0.3) is 0 Å². The second-order valence-corrected chi connectivity index (χ2v) is 3.99. The number of fused-ring (bicyclic) bond motifs is 1. The van der Waals surface area contributed by atoms with Crippen molar-refractivity contribution in [3.8, 4) is 11.1 Å². The fourth-order valence-electron chi connectivity index (χ4n) is 2.08. The molecule has 0 spiro atoms. The quantitative estimate of drug-likeness (QED) is 0.637. The van der Waals surface area contributed by atoms with Gasteiger partial charge in [0.15, 0.2) is 0 Å². The minimum Gasteiger partial charge on any atom is -0.398 e. The summed E-state index contributed by atoms with van der Waals surface area (Å²) in [5.74, 6) is 0. The molecule has 0 atom stereocenters. The van der Waals surface area contributed by atoms with E-state index >= 15 is 0 Å². The van der Waals surface area contributed by atoms with Gasteiger partial charge in [0.1, 0.15) is 0 Å². The fourth-order valence-corrected chi connectivity index (χ4v) is 2.08. The van der Waals surface area contributed by atoms with Crippen LogP contribution in [0.15, 0.2) is 60.9 Å². The molecule has 0 saturated heterocycles. The molecule has 3 aromatic rings. The first-order valence-electron chi connectivity index (χ1n) is 5.54. The Balaban J connectivity index is 2.35. The van der Waals surface area contributed by atoms with E-state index in [1.54, 1.807) is 6.20 Å². The van der Waals surface area contributed by atoms with Gasteiger partial charge in [0, 0.05) is 23.5 Å². The average molecular weight is 220 g/mol. The molecule has 0 fully saturated rings. The van der Waals surface area contributed by atoms with Crippen LogP contribution in [-0.2, 0) is 0 Å². The lowest BCUT2D eigenvalue weighted by molar-refractivity contribution is 1.36. The molecule has 82 valence electrons. The molecule has 2 heteroatoms. The van der Waals surface area contributed by atoms with Gasteiger partial charge in [-0.15, -0.1) is 0 Å². The molecule has 2 aromatic carbocycles. The molecular weight excluding hydrogens is 208 g/mol. The second kappa shape index (κ2) is 3.91. The van der Waals surface area contributed by atoms with E-state index in [9.17, 15) is 0 Å². The van der Waals surface area contributed by atoms with Crippen molar-refractivity contribution in [2.24, 2.45) is 0 Å². The monoisotopic (exact) mass is 220 g/mol. The lowest BCUT2D eigenvalue weighted by atomic mass is 9.99. The third-order valence-corrected chi connectivity index (χ3v) is 2.94. The van der Waals surface area contributed by atoms with Crippen LogP contribution in [0.1, 0.15) is 0 Å². The molecule has 0 aliphatic heterocycles. The molecule has 0 aliphatic rings. The van der Waals surface area contributed by atoms with Gasteiger partial charge < -0.3 is 5.73 Å². The van der Waals surface area contributed by atoms with Crippen LogP contribution in [0, 0.1) is 0 Å². The number of hydrogen-bond donors (Lipinski definition) is 1. The summed E-state index contributed by atoms with van der Waals surface area (Å²) in [5, 5.41) is 2.15. The van der Waals surface area contributed by atoms with E-state index in [-0.39, 0.29) is 0 Å². The number of nitrogen functional groups attached to an aromatic ring is 1. The molecule has 1 heterocycles. The highest BCUT2D eigenvalue weighted by Gasteiger charge is 2.05. The van der Waals surface area contributed by atoms with Crippen LogP contribution >= 0.6 is 0 Å². The first-order valence-corrected chi connectivity index (χ1v) is 5.54. The van der Waals surface area contributed by atoms with E-state index in [4.69, 9.17) is 5.73 Å². The van der Waals surface area contributed by atoms with Gasteiger partial charge in [-0.2, -0.15) is 0 Å². The maximum Gasteiger partial charge on any atom is 0.0409 e. The molecule has 0 aliphatic carbocycles. The van der Waals surface area contributed by atoms with Crippen LogP contribution in [0.4, 0.5) is 5.69 Å². The zero-order valence-corrected chi connectivity index (χ0v) is 9.30. The van der Waals surface area contributed by atoms with Gasteiger partial charge >= 0.3 is 0 Å². The molecular formula is C15H12N2. The zero-order chi connectivity index (χ0) is 11.7. The Bertz CT molecular complexity index is 660. The number of hydrogen-bond acceptors (Lipinski definition) is 2. The highest BCUT2D eigenvalue weighted by atomic mass is 14.6. The molecule has 17 heavy (non-hydrogen) atoms. The van der Waals surface area contributed by atoms with Gasteiger partial charge in [-0.1, -0.05) is 36.4 Å². The lowest BCUT2D eigenvalue weighted by Crippen LogP contribution is -1.89. The summed E-state index contributed by atoms with van der Waals surface area (Å²) in [4.78, 5) is 4.13. The highest BCUT2D eigenvalue weighted by Crippen LogP contribution is 2.31. The summed E-state index contributed by atoms with van der Waals surface area (Å²) in [6.07, 6.45) is 3.62. The molecule has 2 nitrogen and oxygen atoms in total. The summed E-state index contributed by atoms with van der Waals surface area (Å²) >= 11 is 0. The summed E-state index contributed by atoms with van der Waals surface area (Å²) in [7, 11) is 0. The molecule has 2 N–H and O–H groups in total. The standard InChI is InChI=1S/C15H12N2/c16-15-7-6-12(11-4-2-1-3-5-11)13-8-9-17-10-14(13)15/h1-10H,16H2. The van der Waals surface area contributed by atoms with Gasteiger partial charge in [-0.05, 0) is 28.6 Å². The average Bonchev–Trinajstić information content (AvgIpc) is 2.41. The molecule has 0 amide bonds. The van der Waals surface area contributed by atoms with Gasteiger partial charge in [-0.25, -0.2) is 0 Å². The van der Waals surface area contributed by atoms with Crippen molar-refractivity contribution >= 4 is 16.5 Å². The third-order valence-electron chi connectivity index (χ3n) is 2.94. The van der Waals surface area contributed by atoms with Crippen molar-refractivity contribution in [1.29, 1.82) is 0 Å². The van der Waals surface area contributed by atoms with Gasteiger partial charge in [0.2, 0.25) is 0 Å². The number of rotatable bonds is 1. The van der Waals surface area contributed by atoms with E-state index in [1.165, 1.54) is 11.1 Å². The molecule has 0 radical (unpaired) electrons. The van der Waals surface area contributed by atoms with Crippen LogP contribution in [0.25, 0.3) is 21.9 Å².